The first kappa shape index (κ1) is 10.6. The molecule has 4 heteroatoms. The van der Waals surface area contributed by atoms with E-state index in [-0.39, 0.29) is 11.7 Å². The smallest absolute Gasteiger partial charge is 0.254 e. The number of rotatable bonds is 1. The van der Waals surface area contributed by atoms with Gasteiger partial charge in [0.05, 0.1) is 0 Å². The molecule has 2 aliphatic rings. The van der Waals surface area contributed by atoms with Crippen LogP contribution in [0.3, 0.4) is 0 Å². The monoisotopic (exact) mass is 232 g/mol. The van der Waals surface area contributed by atoms with E-state index in [1.165, 1.54) is 0 Å². The molecule has 0 bridgehead atoms. The fourth-order valence-electron chi connectivity index (χ4n) is 2.75. The molecule has 4 nitrogen and oxygen atoms in total. The normalized spacial score (nSPS) is 23.9. The molecule has 17 heavy (non-hydrogen) atoms. The van der Waals surface area contributed by atoms with Crippen LogP contribution in [0.15, 0.2) is 18.2 Å². The molecular formula is C13H16N2O2. The largest absolute Gasteiger partial charge is 0.508 e. The summed E-state index contributed by atoms with van der Waals surface area (Å²) in [5.74, 6) is 0.354. The van der Waals surface area contributed by atoms with Gasteiger partial charge in [-0.25, -0.2) is 0 Å². The lowest BCUT2D eigenvalue weighted by atomic mass is 9.97. The number of fused-ring (bicyclic) bond motifs is 1. The molecule has 0 unspecified atom stereocenters. The lowest BCUT2D eigenvalue weighted by Crippen LogP contribution is -2.45. The van der Waals surface area contributed by atoms with E-state index in [4.69, 9.17) is 0 Å². The number of aromatic hydroxyl groups is 1. The van der Waals surface area contributed by atoms with E-state index in [0.717, 1.165) is 43.6 Å². The maximum atomic E-state index is 12.3. The number of hydrogen-bond donors (Lipinski definition) is 2. The zero-order chi connectivity index (χ0) is 11.8. The van der Waals surface area contributed by atoms with Gasteiger partial charge in [-0.15, -0.1) is 0 Å². The lowest BCUT2D eigenvalue weighted by Gasteiger charge is -2.33. The van der Waals surface area contributed by atoms with Crippen LogP contribution in [0.1, 0.15) is 22.3 Å². The standard InChI is InChI=1S/C13H16N2O2/c16-11-1-2-12-9(7-11)4-6-15(13(12)17)10-3-5-14-8-10/h1-2,7,10,14,16H,3-6,8H2/t10-/m1/s1. The van der Waals surface area contributed by atoms with Gasteiger partial charge in [0.25, 0.3) is 5.91 Å². The molecule has 1 amide bonds. The highest BCUT2D eigenvalue weighted by molar-refractivity contribution is 5.97. The van der Waals surface area contributed by atoms with Crippen molar-refractivity contribution in [2.75, 3.05) is 19.6 Å². The molecular weight excluding hydrogens is 216 g/mol. The second-order valence-corrected chi connectivity index (χ2v) is 4.74. The molecule has 90 valence electrons. The Balaban J connectivity index is 1.89. The summed E-state index contributed by atoms with van der Waals surface area (Å²) in [6, 6.07) is 5.37. The molecule has 2 aliphatic heterocycles. The van der Waals surface area contributed by atoms with Crippen LogP contribution in [0.4, 0.5) is 0 Å². The Morgan fingerprint density at radius 2 is 2.29 bits per heavy atom. The fourth-order valence-corrected chi connectivity index (χ4v) is 2.75. The zero-order valence-corrected chi connectivity index (χ0v) is 9.65. The third kappa shape index (κ3) is 1.78. The van der Waals surface area contributed by atoms with E-state index >= 15 is 0 Å². The van der Waals surface area contributed by atoms with Crippen LogP contribution < -0.4 is 5.32 Å². The maximum Gasteiger partial charge on any atom is 0.254 e. The van der Waals surface area contributed by atoms with Crippen LogP contribution in [0.25, 0.3) is 0 Å². The molecule has 0 aliphatic carbocycles. The van der Waals surface area contributed by atoms with E-state index in [1.54, 1.807) is 18.2 Å². The van der Waals surface area contributed by atoms with Crippen molar-refractivity contribution in [3.8, 4) is 5.75 Å². The molecule has 1 aromatic rings. The van der Waals surface area contributed by atoms with Crippen molar-refractivity contribution in [1.29, 1.82) is 0 Å². The minimum absolute atomic E-state index is 0.111. The first-order valence-corrected chi connectivity index (χ1v) is 6.09. The number of hydrogen-bond acceptors (Lipinski definition) is 3. The van der Waals surface area contributed by atoms with Crippen molar-refractivity contribution in [3.05, 3.63) is 29.3 Å². The highest BCUT2D eigenvalue weighted by Gasteiger charge is 2.31. The number of benzene rings is 1. The van der Waals surface area contributed by atoms with Gasteiger partial charge in [0.15, 0.2) is 0 Å². The quantitative estimate of drug-likeness (QED) is 0.751. The van der Waals surface area contributed by atoms with E-state index in [2.05, 4.69) is 5.32 Å². The molecule has 3 rings (SSSR count). The van der Waals surface area contributed by atoms with Crippen molar-refractivity contribution < 1.29 is 9.90 Å². The van der Waals surface area contributed by atoms with Gasteiger partial charge in [-0.2, -0.15) is 0 Å². The minimum atomic E-state index is 0.111. The van der Waals surface area contributed by atoms with Crippen LogP contribution in [-0.2, 0) is 6.42 Å². The van der Waals surface area contributed by atoms with Crippen LogP contribution in [0.2, 0.25) is 0 Å². The number of phenolic OH excluding ortho intramolecular Hbond substituents is 1. The van der Waals surface area contributed by atoms with Gasteiger partial charge >= 0.3 is 0 Å². The average Bonchev–Trinajstić information content (AvgIpc) is 2.82. The Bertz CT molecular complexity index is 453. The topological polar surface area (TPSA) is 52.6 Å². The molecule has 1 saturated heterocycles. The molecule has 0 radical (unpaired) electrons. The lowest BCUT2D eigenvalue weighted by molar-refractivity contribution is 0.0674. The summed E-state index contributed by atoms with van der Waals surface area (Å²) in [6.07, 6.45) is 1.88. The highest BCUT2D eigenvalue weighted by Crippen LogP contribution is 2.25. The first-order chi connectivity index (χ1) is 8.25. The SMILES string of the molecule is O=C1c2ccc(O)cc2CCN1[C@@H]1CCNC1. The number of carbonyl (C=O) groups is 1. The average molecular weight is 232 g/mol. The van der Waals surface area contributed by atoms with Gasteiger partial charge in [0.1, 0.15) is 5.75 Å². The van der Waals surface area contributed by atoms with Gasteiger partial charge < -0.3 is 15.3 Å². The number of nitrogens with one attached hydrogen (secondary N) is 1. The molecule has 2 N–H and O–H groups in total. The maximum absolute atomic E-state index is 12.3. The number of amides is 1. The van der Waals surface area contributed by atoms with Crippen molar-refractivity contribution >= 4 is 5.91 Å². The fraction of sp³-hybridized carbons (Fsp3) is 0.462. The van der Waals surface area contributed by atoms with Crippen LogP contribution >= 0.6 is 0 Å². The van der Waals surface area contributed by atoms with E-state index in [0.29, 0.717) is 6.04 Å². The third-order valence-electron chi connectivity index (χ3n) is 3.68. The molecule has 0 saturated carbocycles. The van der Waals surface area contributed by atoms with Crippen molar-refractivity contribution in [2.24, 2.45) is 0 Å². The Morgan fingerprint density at radius 1 is 1.41 bits per heavy atom. The minimum Gasteiger partial charge on any atom is -0.508 e. The van der Waals surface area contributed by atoms with E-state index in [9.17, 15) is 9.90 Å². The Kier molecular flexibility index (Phi) is 2.52. The van der Waals surface area contributed by atoms with Gasteiger partial charge in [-0.05, 0) is 43.1 Å². The number of carbonyl (C=O) groups excluding carboxylic acids is 1. The van der Waals surface area contributed by atoms with Gasteiger partial charge in [-0.3, -0.25) is 4.79 Å². The Labute approximate surface area is 100 Å². The summed E-state index contributed by atoms with van der Waals surface area (Å²) in [6.45, 7) is 2.66. The molecule has 0 aromatic heterocycles. The third-order valence-corrected chi connectivity index (χ3v) is 3.68. The van der Waals surface area contributed by atoms with Crippen LogP contribution in [0, 0.1) is 0 Å². The first-order valence-electron chi connectivity index (χ1n) is 6.09. The summed E-state index contributed by atoms with van der Waals surface area (Å²) < 4.78 is 0. The summed E-state index contributed by atoms with van der Waals surface area (Å²) in [5.41, 5.74) is 1.72. The molecule has 1 atom stereocenters. The molecule has 2 heterocycles. The van der Waals surface area contributed by atoms with Gasteiger partial charge in [0.2, 0.25) is 0 Å². The van der Waals surface area contributed by atoms with Crippen molar-refractivity contribution in [1.82, 2.24) is 10.2 Å². The van der Waals surface area contributed by atoms with E-state index in [1.807, 2.05) is 4.90 Å². The predicted octanol–water partition coefficient (Wildman–Crippen LogP) is 0.752. The number of phenols is 1. The molecule has 1 fully saturated rings. The summed E-state index contributed by atoms with van der Waals surface area (Å²) in [4.78, 5) is 14.3. The van der Waals surface area contributed by atoms with Crippen molar-refractivity contribution in [3.63, 3.8) is 0 Å². The number of nitrogens with zero attached hydrogens (tertiary/aromatic N) is 1. The summed E-state index contributed by atoms with van der Waals surface area (Å²) in [5, 5.41) is 12.7. The summed E-state index contributed by atoms with van der Waals surface area (Å²) in [7, 11) is 0. The second kappa shape index (κ2) is 4.04. The van der Waals surface area contributed by atoms with Gasteiger partial charge in [-0.1, -0.05) is 0 Å². The summed E-state index contributed by atoms with van der Waals surface area (Å²) >= 11 is 0. The molecule has 1 aromatic carbocycles. The molecule has 0 spiro atoms. The van der Waals surface area contributed by atoms with E-state index < -0.39 is 0 Å². The highest BCUT2D eigenvalue weighted by atomic mass is 16.3. The van der Waals surface area contributed by atoms with Crippen molar-refractivity contribution in [2.45, 2.75) is 18.9 Å². The van der Waals surface area contributed by atoms with Gasteiger partial charge in [0, 0.05) is 24.7 Å². The van der Waals surface area contributed by atoms with Crippen LogP contribution in [-0.4, -0.2) is 41.6 Å². The predicted molar refractivity (Wildman–Crippen MR) is 64.1 cm³/mol. The van der Waals surface area contributed by atoms with Crippen LogP contribution in [0.5, 0.6) is 5.75 Å². The Hall–Kier alpha value is -1.55. The zero-order valence-electron chi connectivity index (χ0n) is 9.65. The Morgan fingerprint density at radius 3 is 3.06 bits per heavy atom. The second-order valence-electron chi connectivity index (χ2n) is 4.74.